The summed E-state index contributed by atoms with van der Waals surface area (Å²) in [6, 6.07) is -0.518. The summed E-state index contributed by atoms with van der Waals surface area (Å²) in [4.78, 5) is 26.2. The molecular formula is C14H20N2O4. The molecule has 1 aromatic rings. The van der Waals surface area contributed by atoms with Gasteiger partial charge in [0.1, 0.15) is 23.0 Å². The molecule has 1 atom stereocenters. The fourth-order valence-electron chi connectivity index (χ4n) is 2.28. The molecular weight excluding hydrogens is 260 g/mol. The zero-order valence-electron chi connectivity index (χ0n) is 12.3. The maximum Gasteiger partial charge on any atom is 0.329 e. The molecule has 0 N–H and O–H groups in total. The van der Waals surface area contributed by atoms with Gasteiger partial charge in [0.2, 0.25) is 0 Å². The van der Waals surface area contributed by atoms with Gasteiger partial charge in [-0.3, -0.25) is 4.79 Å². The SMILES string of the molecule is Cc1oncc1C(=O)N1CCC[C@@H]1C(=O)OC(C)(C)C. The summed E-state index contributed by atoms with van der Waals surface area (Å²) in [5.41, 5.74) is -0.151. The third kappa shape index (κ3) is 3.00. The van der Waals surface area contributed by atoms with Gasteiger partial charge in [-0.15, -0.1) is 0 Å². The van der Waals surface area contributed by atoms with Crippen molar-refractivity contribution in [3.05, 3.63) is 17.5 Å². The average molecular weight is 280 g/mol. The molecule has 0 aromatic carbocycles. The summed E-state index contributed by atoms with van der Waals surface area (Å²) in [5.74, 6) is -0.112. The van der Waals surface area contributed by atoms with Crippen LogP contribution in [0.25, 0.3) is 0 Å². The Morgan fingerprint density at radius 1 is 1.45 bits per heavy atom. The van der Waals surface area contributed by atoms with E-state index in [9.17, 15) is 9.59 Å². The number of amides is 1. The van der Waals surface area contributed by atoms with E-state index < -0.39 is 11.6 Å². The van der Waals surface area contributed by atoms with Gasteiger partial charge in [0, 0.05) is 6.54 Å². The monoisotopic (exact) mass is 280 g/mol. The smallest absolute Gasteiger partial charge is 0.329 e. The van der Waals surface area contributed by atoms with Gasteiger partial charge in [0.05, 0.1) is 6.20 Å². The van der Waals surface area contributed by atoms with Gasteiger partial charge in [-0.1, -0.05) is 5.16 Å². The number of carbonyl (C=O) groups is 2. The van der Waals surface area contributed by atoms with Crippen LogP contribution in [-0.4, -0.2) is 40.1 Å². The zero-order chi connectivity index (χ0) is 14.9. The predicted molar refractivity (Wildman–Crippen MR) is 71.1 cm³/mol. The molecule has 2 heterocycles. The summed E-state index contributed by atoms with van der Waals surface area (Å²) in [5, 5.41) is 3.60. The van der Waals surface area contributed by atoms with Crippen molar-refractivity contribution in [1.82, 2.24) is 10.1 Å². The van der Waals surface area contributed by atoms with Crippen LogP contribution in [0.5, 0.6) is 0 Å². The van der Waals surface area contributed by atoms with Crippen LogP contribution in [0, 0.1) is 6.92 Å². The highest BCUT2D eigenvalue weighted by molar-refractivity contribution is 5.97. The first-order chi connectivity index (χ1) is 9.29. The molecule has 0 saturated carbocycles. The van der Waals surface area contributed by atoms with Crippen LogP contribution >= 0.6 is 0 Å². The average Bonchev–Trinajstić information content (AvgIpc) is 2.93. The highest BCUT2D eigenvalue weighted by Gasteiger charge is 2.38. The van der Waals surface area contributed by atoms with Gasteiger partial charge in [-0.2, -0.15) is 0 Å². The van der Waals surface area contributed by atoms with Gasteiger partial charge in [-0.05, 0) is 40.5 Å². The molecule has 6 nitrogen and oxygen atoms in total. The zero-order valence-corrected chi connectivity index (χ0v) is 12.3. The highest BCUT2D eigenvalue weighted by Crippen LogP contribution is 2.24. The number of hydrogen-bond acceptors (Lipinski definition) is 5. The molecule has 1 saturated heterocycles. The molecule has 0 bridgehead atoms. The van der Waals surface area contributed by atoms with Crippen LogP contribution in [0.1, 0.15) is 49.7 Å². The molecule has 2 rings (SSSR count). The van der Waals surface area contributed by atoms with Crippen molar-refractivity contribution in [1.29, 1.82) is 0 Å². The Balaban J connectivity index is 2.13. The van der Waals surface area contributed by atoms with Gasteiger partial charge in [-0.25, -0.2) is 4.79 Å². The van der Waals surface area contributed by atoms with Gasteiger partial charge >= 0.3 is 5.97 Å². The maximum atomic E-state index is 12.4. The van der Waals surface area contributed by atoms with Crippen LogP contribution in [-0.2, 0) is 9.53 Å². The lowest BCUT2D eigenvalue weighted by Gasteiger charge is -2.27. The fourth-order valence-corrected chi connectivity index (χ4v) is 2.28. The van der Waals surface area contributed by atoms with Crippen LogP contribution < -0.4 is 0 Å². The quantitative estimate of drug-likeness (QED) is 0.774. The number of nitrogens with zero attached hydrogens (tertiary/aromatic N) is 2. The topological polar surface area (TPSA) is 72.6 Å². The number of aryl methyl sites for hydroxylation is 1. The molecule has 0 radical (unpaired) electrons. The number of ether oxygens (including phenoxy) is 1. The summed E-state index contributed by atoms with van der Waals surface area (Å²) in [6.45, 7) is 7.68. The summed E-state index contributed by atoms with van der Waals surface area (Å²) in [7, 11) is 0. The number of carbonyl (C=O) groups excluding carboxylic acids is 2. The molecule has 6 heteroatoms. The Kier molecular flexibility index (Phi) is 3.83. The first-order valence-corrected chi connectivity index (χ1v) is 6.75. The second-order valence-electron chi connectivity index (χ2n) is 5.99. The van der Waals surface area contributed by atoms with Gasteiger partial charge in [0.15, 0.2) is 0 Å². The molecule has 0 unspecified atom stereocenters. The van der Waals surface area contributed by atoms with Crippen molar-refractivity contribution in [2.75, 3.05) is 6.54 Å². The van der Waals surface area contributed by atoms with Crippen LogP contribution in [0.3, 0.4) is 0 Å². The summed E-state index contributed by atoms with van der Waals surface area (Å²) in [6.07, 6.45) is 2.81. The molecule has 1 aliphatic rings. The summed E-state index contributed by atoms with van der Waals surface area (Å²) >= 11 is 0. The van der Waals surface area contributed by atoms with Crippen molar-refractivity contribution in [3.8, 4) is 0 Å². The van der Waals surface area contributed by atoms with E-state index in [0.29, 0.717) is 24.3 Å². The Labute approximate surface area is 118 Å². The van der Waals surface area contributed by atoms with Gasteiger partial charge < -0.3 is 14.2 Å². The minimum atomic E-state index is -0.554. The number of esters is 1. The lowest BCUT2D eigenvalue weighted by Crippen LogP contribution is -2.43. The minimum absolute atomic E-state index is 0.225. The third-order valence-corrected chi connectivity index (χ3v) is 3.17. The normalized spacial score (nSPS) is 19.2. The summed E-state index contributed by atoms with van der Waals surface area (Å²) < 4.78 is 10.3. The molecule has 1 aromatic heterocycles. The minimum Gasteiger partial charge on any atom is -0.458 e. The maximum absolute atomic E-state index is 12.4. The highest BCUT2D eigenvalue weighted by atomic mass is 16.6. The number of aromatic nitrogens is 1. The van der Waals surface area contributed by atoms with Gasteiger partial charge in [0.25, 0.3) is 5.91 Å². The molecule has 1 amide bonds. The third-order valence-electron chi connectivity index (χ3n) is 3.17. The molecule has 110 valence electrons. The van der Waals surface area contributed by atoms with Crippen LogP contribution in [0.2, 0.25) is 0 Å². The Morgan fingerprint density at radius 2 is 2.15 bits per heavy atom. The number of likely N-dealkylation sites (tertiary alicyclic amines) is 1. The van der Waals surface area contributed by atoms with Crippen LogP contribution in [0.4, 0.5) is 0 Å². The first kappa shape index (κ1) is 14.6. The van der Waals surface area contributed by atoms with E-state index in [2.05, 4.69) is 5.16 Å². The lowest BCUT2D eigenvalue weighted by atomic mass is 10.1. The Bertz CT molecular complexity index is 515. The van der Waals surface area contributed by atoms with Crippen molar-refractivity contribution < 1.29 is 18.8 Å². The van der Waals surface area contributed by atoms with Crippen LogP contribution in [0.15, 0.2) is 10.7 Å². The standard InChI is InChI=1S/C14H20N2O4/c1-9-10(8-15-20-9)12(17)16-7-5-6-11(16)13(18)19-14(2,3)4/h8,11H,5-7H2,1-4H3/t11-/m1/s1. The predicted octanol–water partition coefficient (Wildman–Crippen LogP) is 1.93. The molecule has 0 spiro atoms. The van der Waals surface area contributed by atoms with E-state index in [0.717, 1.165) is 6.42 Å². The Morgan fingerprint density at radius 3 is 2.70 bits per heavy atom. The largest absolute Gasteiger partial charge is 0.458 e. The van der Waals surface area contributed by atoms with Crippen molar-refractivity contribution in [3.63, 3.8) is 0 Å². The van der Waals surface area contributed by atoms with E-state index in [1.165, 1.54) is 6.20 Å². The van der Waals surface area contributed by atoms with Crippen molar-refractivity contribution >= 4 is 11.9 Å². The second kappa shape index (κ2) is 5.26. The number of rotatable bonds is 2. The van der Waals surface area contributed by atoms with E-state index >= 15 is 0 Å². The lowest BCUT2D eigenvalue weighted by molar-refractivity contribution is -0.159. The Hall–Kier alpha value is -1.85. The molecule has 0 aliphatic carbocycles. The molecule has 1 aliphatic heterocycles. The van der Waals surface area contributed by atoms with E-state index in [-0.39, 0.29) is 11.9 Å². The fraction of sp³-hybridized carbons (Fsp3) is 0.643. The van der Waals surface area contributed by atoms with E-state index in [4.69, 9.17) is 9.26 Å². The number of hydrogen-bond donors (Lipinski definition) is 0. The molecule has 1 fully saturated rings. The second-order valence-corrected chi connectivity index (χ2v) is 5.99. The van der Waals surface area contributed by atoms with Crippen molar-refractivity contribution in [2.45, 2.75) is 52.2 Å². The first-order valence-electron chi connectivity index (χ1n) is 6.75. The van der Waals surface area contributed by atoms with E-state index in [1.54, 1.807) is 11.8 Å². The van der Waals surface area contributed by atoms with Crippen molar-refractivity contribution in [2.24, 2.45) is 0 Å². The molecule has 20 heavy (non-hydrogen) atoms. The van der Waals surface area contributed by atoms with E-state index in [1.807, 2.05) is 20.8 Å².